The lowest BCUT2D eigenvalue weighted by Crippen LogP contribution is -2.50. The van der Waals surface area contributed by atoms with Crippen LogP contribution in [0.4, 0.5) is 13.2 Å². The standard InChI is InChI=1S/C33H41F3N4O6S/c1-23-19-25-8-7-24(23)9-18-47(43,44)40-12-10-32(11-13-40)31(42)37-29(38-32)26-20-27(33(34,35)36)22-28(21-26)46-16-6-4-3-5-15-45-17-14-39(2)30(25)41/h7-8,19-22H,3-6,9-18H2,1-2H3,(H,37,38,42). The Morgan fingerprint density at radius 3 is 2.34 bits per heavy atom. The summed E-state index contributed by atoms with van der Waals surface area (Å²) in [5.41, 5.74) is 0.0335. The topological polar surface area (TPSA) is 118 Å². The highest BCUT2D eigenvalue weighted by Crippen LogP contribution is 2.36. The molecule has 0 aromatic heterocycles. The summed E-state index contributed by atoms with van der Waals surface area (Å²) in [7, 11) is -1.99. The van der Waals surface area contributed by atoms with Crippen molar-refractivity contribution in [2.45, 2.75) is 63.6 Å². The van der Waals surface area contributed by atoms with Crippen LogP contribution in [0.15, 0.2) is 41.4 Å². The van der Waals surface area contributed by atoms with Gasteiger partial charge < -0.3 is 19.7 Å². The summed E-state index contributed by atoms with van der Waals surface area (Å²) in [4.78, 5) is 32.3. The molecule has 2 aromatic carbocycles. The predicted octanol–water partition coefficient (Wildman–Crippen LogP) is 4.34. The van der Waals surface area contributed by atoms with Crippen molar-refractivity contribution < 1.29 is 40.7 Å². The summed E-state index contributed by atoms with van der Waals surface area (Å²) < 4.78 is 80.8. The van der Waals surface area contributed by atoms with Gasteiger partial charge >= 0.3 is 6.18 Å². The number of likely N-dealkylation sites (N-methyl/N-ethyl adjacent to an activating group) is 1. The first-order chi connectivity index (χ1) is 22.3. The molecule has 0 saturated carbocycles. The molecule has 14 heteroatoms. The number of hydrogen-bond donors (Lipinski definition) is 1. The Balaban J connectivity index is 1.36. The first kappa shape index (κ1) is 34.8. The van der Waals surface area contributed by atoms with Crippen LogP contribution in [-0.2, 0) is 32.2 Å². The highest BCUT2D eigenvalue weighted by molar-refractivity contribution is 7.89. The normalized spacial score (nSPS) is 25.0. The number of carbonyl (C=O) groups is 2. The maximum atomic E-state index is 13.8. The van der Waals surface area contributed by atoms with E-state index in [0.29, 0.717) is 31.7 Å². The average Bonchev–Trinajstić information content (AvgIpc) is 3.34. The molecule has 256 valence electrons. The van der Waals surface area contributed by atoms with Crippen molar-refractivity contribution in [3.05, 3.63) is 64.2 Å². The molecule has 1 fully saturated rings. The van der Waals surface area contributed by atoms with E-state index < -0.39 is 33.2 Å². The van der Waals surface area contributed by atoms with Gasteiger partial charge in [0.05, 0.1) is 24.5 Å². The van der Waals surface area contributed by atoms with Gasteiger partial charge in [0.15, 0.2) is 0 Å². The van der Waals surface area contributed by atoms with Gasteiger partial charge in [0.25, 0.3) is 11.8 Å². The number of carbonyl (C=O) groups excluding carboxylic acids is 2. The van der Waals surface area contributed by atoms with E-state index >= 15 is 0 Å². The van der Waals surface area contributed by atoms with Gasteiger partial charge in [0.1, 0.15) is 17.1 Å². The molecule has 2 amide bonds. The van der Waals surface area contributed by atoms with Gasteiger partial charge in [-0.3, -0.25) is 14.6 Å². The van der Waals surface area contributed by atoms with E-state index in [-0.39, 0.29) is 67.8 Å². The number of amidine groups is 1. The number of halogens is 3. The number of nitrogens with one attached hydrogen (secondary N) is 1. The minimum atomic E-state index is -4.64. The zero-order chi connectivity index (χ0) is 33.8. The lowest BCUT2D eigenvalue weighted by atomic mass is 9.89. The maximum absolute atomic E-state index is 13.8. The first-order valence-corrected chi connectivity index (χ1v) is 17.6. The van der Waals surface area contributed by atoms with Gasteiger partial charge in [-0.15, -0.1) is 0 Å². The Hall–Kier alpha value is -3.49. The number of nitrogens with zero attached hydrogens (tertiary/aromatic N) is 3. The number of rotatable bonds is 0. The molecule has 47 heavy (non-hydrogen) atoms. The zero-order valence-corrected chi connectivity index (χ0v) is 27.5. The molecule has 0 unspecified atom stereocenters. The number of hydrogen-bond acceptors (Lipinski definition) is 7. The SMILES string of the molecule is Cc1cc2ccc1CCS(=O)(=O)N1CCC3(CC1)N=C(NC3=O)c1cc(cc(C(F)(F)F)c1)OCCCCCCOCCN(C)C2=O. The maximum Gasteiger partial charge on any atom is 0.416 e. The first-order valence-electron chi connectivity index (χ1n) is 15.9. The van der Waals surface area contributed by atoms with Crippen LogP contribution in [0.2, 0.25) is 0 Å². The average molecular weight is 679 g/mol. The fourth-order valence-electron chi connectivity index (χ4n) is 6.06. The van der Waals surface area contributed by atoms with Crippen LogP contribution in [0.5, 0.6) is 5.75 Å². The fraction of sp³-hybridized carbons (Fsp3) is 0.545. The number of amides is 2. The van der Waals surface area contributed by atoms with Crippen LogP contribution in [0.3, 0.4) is 0 Å². The predicted molar refractivity (Wildman–Crippen MR) is 170 cm³/mol. The van der Waals surface area contributed by atoms with E-state index in [1.54, 1.807) is 30.1 Å². The minimum absolute atomic E-state index is 0.0130. The summed E-state index contributed by atoms with van der Waals surface area (Å²) in [5.74, 6) is -0.735. The van der Waals surface area contributed by atoms with E-state index in [9.17, 15) is 31.2 Å². The molecule has 5 heterocycles. The molecule has 0 atom stereocenters. The second-order valence-electron chi connectivity index (χ2n) is 12.4. The lowest BCUT2D eigenvalue weighted by molar-refractivity contribution is -0.137. The van der Waals surface area contributed by atoms with E-state index in [4.69, 9.17) is 9.47 Å². The van der Waals surface area contributed by atoms with Crippen LogP contribution < -0.4 is 10.1 Å². The van der Waals surface area contributed by atoms with Gasteiger partial charge in [-0.25, -0.2) is 12.7 Å². The molecule has 7 bridgehead atoms. The zero-order valence-electron chi connectivity index (χ0n) is 26.7. The Morgan fingerprint density at radius 2 is 1.64 bits per heavy atom. The lowest BCUT2D eigenvalue weighted by Gasteiger charge is -2.34. The summed E-state index contributed by atoms with van der Waals surface area (Å²) in [6, 6.07) is 8.57. The second-order valence-corrected chi connectivity index (χ2v) is 14.5. The van der Waals surface area contributed by atoms with Crippen molar-refractivity contribution in [1.82, 2.24) is 14.5 Å². The third-order valence-corrected chi connectivity index (χ3v) is 10.9. The molecule has 1 saturated heterocycles. The van der Waals surface area contributed by atoms with Gasteiger partial charge in [-0.05, 0) is 86.9 Å². The largest absolute Gasteiger partial charge is 0.494 e. The quantitative estimate of drug-likeness (QED) is 0.443. The molecular weight excluding hydrogens is 637 g/mol. The smallest absolute Gasteiger partial charge is 0.416 e. The number of sulfonamides is 1. The van der Waals surface area contributed by atoms with Crippen LogP contribution >= 0.6 is 0 Å². The van der Waals surface area contributed by atoms with Crippen LogP contribution in [0, 0.1) is 6.92 Å². The molecule has 1 spiro atoms. The Kier molecular flexibility index (Phi) is 10.6. The summed E-state index contributed by atoms with van der Waals surface area (Å²) >= 11 is 0. The molecule has 2 aromatic rings. The van der Waals surface area contributed by atoms with E-state index in [0.717, 1.165) is 42.5 Å². The van der Waals surface area contributed by atoms with Crippen LogP contribution in [-0.4, -0.2) is 93.1 Å². The van der Waals surface area contributed by atoms with Crippen LogP contribution in [0.25, 0.3) is 0 Å². The molecule has 5 aliphatic rings. The molecule has 5 aliphatic heterocycles. The van der Waals surface area contributed by atoms with E-state index in [2.05, 4.69) is 10.3 Å². The number of piperidine rings is 1. The van der Waals surface area contributed by atoms with Crippen molar-refractivity contribution in [3.8, 4) is 5.75 Å². The number of alkyl halides is 3. The molecule has 7 rings (SSSR count). The number of ether oxygens (including phenoxy) is 2. The summed E-state index contributed by atoms with van der Waals surface area (Å²) in [5, 5.41) is 2.64. The molecule has 0 radical (unpaired) electrons. The van der Waals surface area contributed by atoms with E-state index in [1.807, 2.05) is 6.92 Å². The molecule has 1 N–H and O–H groups in total. The molecular formula is C33H41F3N4O6S. The van der Waals surface area contributed by atoms with Crippen molar-refractivity contribution in [2.24, 2.45) is 4.99 Å². The fourth-order valence-corrected chi connectivity index (χ4v) is 7.54. The monoisotopic (exact) mass is 678 g/mol. The minimum Gasteiger partial charge on any atom is -0.494 e. The van der Waals surface area contributed by atoms with Gasteiger partial charge in [-0.1, -0.05) is 12.5 Å². The number of fused-ring (bicyclic) bond motifs is 2. The van der Waals surface area contributed by atoms with Gasteiger partial charge in [0.2, 0.25) is 10.0 Å². The molecule has 10 nitrogen and oxygen atoms in total. The third-order valence-electron chi connectivity index (χ3n) is 9.02. The highest BCUT2D eigenvalue weighted by Gasteiger charge is 2.47. The third kappa shape index (κ3) is 8.33. The summed E-state index contributed by atoms with van der Waals surface area (Å²) in [6.45, 7) is 3.46. The Morgan fingerprint density at radius 1 is 0.915 bits per heavy atom. The van der Waals surface area contributed by atoms with E-state index in [1.165, 1.54) is 10.4 Å². The van der Waals surface area contributed by atoms with Crippen molar-refractivity contribution in [3.63, 3.8) is 0 Å². The number of benzene rings is 2. The van der Waals surface area contributed by atoms with Gasteiger partial charge in [-0.2, -0.15) is 13.2 Å². The Bertz CT molecular complexity index is 1620. The number of aliphatic imine (C=N–C) groups is 1. The highest BCUT2D eigenvalue weighted by atomic mass is 32.2. The van der Waals surface area contributed by atoms with Crippen molar-refractivity contribution in [1.29, 1.82) is 0 Å². The second kappa shape index (κ2) is 14.3. The van der Waals surface area contributed by atoms with Crippen molar-refractivity contribution >= 4 is 27.7 Å². The van der Waals surface area contributed by atoms with Crippen LogP contribution in [0.1, 0.15) is 71.1 Å². The number of aryl methyl sites for hydroxylation is 2. The summed E-state index contributed by atoms with van der Waals surface area (Å²) in [6.07, 6.45) is -1.15. The Labute approximate surface area is 273 Å². The van der Waals surface area contributed by atoms with Crippen molar-refractivity contribution in [2.75, 3.05) is 52.3 Å². The van der Waals surface area contributed by atoms with Gasteiger partial charge in [0, 0.05) is 44.4 Å². The molecule has 0 aliphatic carbocycles.